The van der Waals surface area contributed by atoms with Crippen LogP contribution in [0.4, 0.5) is 14.5 Å². The van der Waals surface area contributed by atoms with E-state index >= 15 is 0 Å². The van der Waals surface area contributed by atoms with Crippen LogP contribution in [0.25, 0.3) is 0 Å². The fourth-order valence-corrected chi connectivity index (χ4v) is 2.99. The Labute approximate surface area is 160 Å². The minimum absolute atomic E-state index is 0.0417. The van der Waals surface area contributed by atoms with Crippen LogP contribution in [-0.4, -0.2) is 35.6 Å². The number of rotatable bonds is 7. The standard InChI is InChI=1S/C18H20F2N4O2S/c1-3-24(4-2)13-9-7-12(8-10-13)15(25)22-23-16(26)14-6-5-11-21-17(14)27-18(19)20/h5-11,18H,3-4H2,1-2H3,(H,22,25)(H,23,26). The maximum Gasteiger partial charge on any atom is 0.290 e. The van der Waals surface area contributed by atoms with Gasteiger partial charge in [0.2, 0.25) is 0 Å². The Balaban J connectivity index is 2.00. The van der Waals surface area contributed by atoms with Crippen molar-refractivity contribution in [3.8, 4) is 0 Å². The highest BCUT2D eigenvalue weighted by Gasteiger charge is 2.17. The van der Waals surface area contributed by atoms with Crippen LogP contribution >= 0.6 is 11.8 Å². The van der Waals surface area contributed by atoms with Crippen LogP contribution in [0.15, 0.2) is 47.6 Å². The lowest BCUT2D eigenvalue weighted by Crippen LogP contribution is -2.41. The molecule has 0 bridgehead atoms. The normalized spacial score (nSPS) is 10.6. The Morgan fingerprint density at radius 2 is 1.70 bits per heavy atom. The Morgan fingerprint density at radius 1 is 1.07 bits per heavy atom. The molecule has 0 aliphatic rings. The van der Waals surface area contributed by atoms with Crippen molar-refractivity contribution in [2.24, 2.45) is 0 Å². The Hall–Kier alpha value is -2.68. The number of aromatic nitrogens is 1. The van der Waals surface area contributed by atoms with Gasteiger partial charge in [-0.05, 0) is 62.0 Å². The van der Waals surface area contributed by atoms with E-state index in [9.17, 15) is 18.4 Å². The predicted molar refractivity (Wildman–Crippen MR) is 101 cm³/mol. The monoisotopic (exact) mass is 394 g/mol. The number of amides is 2. The molecule has 0 fully saturated rings. The molecule has 0 saturated heterocycles. The van der Waals surface area contributed by atoms with Gasteiger partial charge in [0.1, 0.15) is 5.03 Å². The summed E-state index contributed by atoms with van der Waals surface area (Å²) in [6.45, 7) is 5.78. The summed E-state index contributed by atoms with van der Waals surface area (Å²) >= 11 is 0.170. The smallest absolute Gasteiger partial charge is 0.290 e. The molecule has 0 unspecified atom stereocenters. The molecule has 6 nitrogen and oxygen atoms in total. The molecule has 1 aromatic heterocycles. The fourth-order valence-electron chi connectivity index (χ4n) is 2.41. The van der Waals surface area contributed by atoms with Crippen molar-refractivity contribution < 1.29 is 18.4 Å². The van der Waals surface area contributed by atoms with E-state index < -0.39 is 17.6 Å². The minimum Gasteiger partial charge on any atom is -0.372 e. The van der Waals surface area contributed by atoms with Gasteiger partial charge in [0.15, 0.2) is 0 Å². The van der Waals surface area contributed by atoms with Crippen molar-refractivity contribution in [3.05, 3.63) is 53.7 Å². The van der Waals surface area contributed by atoms with E-state index in [2.05, 4.69) is 20.7 Å². The Kier molecular flexibility index (Phi) is 7.54. The van der Waals surface area contributed by atoms with Crippen molar-refractivity contribution in [2.75, 3.05) is 18.0 Å². The largest absolute Gasteiger partial charge is 0.372 e. The molecule has 9 heteroatoms. The average Bonchev–Trinajstić information content (AvgIpc) is 2.67. The van der Waals surface area contributed by atoms with Crippen LogP contribution in [-0.2, 0) is 0 Å². The molecule has 0 aliphatic heterocycles. The molecule has 1 aromatic carbocycles. The number of benzene rings is 1. The summed E-state index contributed by atoms with van der Waals surface area (Å²) in [7, 11) is 0. The highest BCUT2D eigenvalue weighted by molar-refractivity contribution is 7.99. The third-order valence-corrected chi connectivity index (χ3v) is 4.49. The first-order chi connectivity index (χ1) is 13.0. The number of thioether (sulfide) groups is 1. The number of halogens is 2. The number of hydrazine groups is 1. The van der Waals surface area contributed by atoms with Crippen molar-refractivity contribution >= 4 is 29.3 Å². The lowest BCUT2D eigenvalue weighted by Gasteiger charge is -2.21. The summed E-state index contributed by atoms with van der Waals surface area (Å²) in [5.41, 5.74) is 5.81. The SMILES string of the molecule is CCN(CC)c1ccc(C(=O)NNC(=O)c2cccnc2SC(F)F)cc1. The lowest BCUT2D eigenvalue weighted by atomic mass is 10.2. The Bertz CT molecular complexity index is 783. The van der Waals surface area contributed by atoms with Gasteiger partial charge in [-0.3, -0.25) is 20.4 Å². The zero-order valence-corrected chi connectivity index (χ0v) is 15.7. The molecule has 0 aliphatic carbocycles. The minimum atomic E-state index is -2.70. The number of pyridine rings is 1. The molecular weight excluding hydrogens is 374 g/mol. The van der Waals surface area contributed by atoms with E-state index in [1.165, 1.54) is 18.3 Å². The van der Waals surface area contributed by atoms with Crippen LogP contribution in [0, 0.1) is 0 Å². The maximum atomic E-state index is 12.6. The summed E-state index contributed by atoms with van der Waals surface area (Å²) < 4.78 is 25.1. The third kappa shape index (κ3) is 5.65. The number of nitrogens with zero attached hydrogens (tertiary/aromatic N) is 2. The van der Waals surface area contributed by atoms with Gasteiger partial charge in [-0.25, -0.2) is 4.98 Å². The van der Waals surface area contributed by atoms with E-state index in [0.717, 1.165) is 18.8 Å². The highest BCUT2D eigenvalue weighted by Crippen LogP contribution is 2.26. The molecule has 27 heavy (non-hydrogen) atoms. The zero-order valence-electron chi connectivity index (χ0n) is 14.9. The van der Waals surface area contributed by atoms with Crippen molar-refractivity contribution in [1.29, 1.82) is 0 Å². The van der Waals surface area contributed by atoms with E-state index in [1.807, 2.05) is 26.0 Å². The first-order valence-corrected chi connectivity index (χ1v) is 9.19. The lowest BCUT2D eigenvalue weighted by molar-refractivity contribution is 0.0844. The summed E-state index contributed by atoms with van der Waals surface area (Å²) in [5, 5.41) is -0.108. The molecule has 1 heterocycles. The summed E-state index contributed by atoms with van der Waals surface area (Å²) in [4.78, 5) is 30.3. The van der Waals surface area contributed by atoms with Gasteiger partial charge < -0.3 is 4.90 Å². The highest BCUT2D eigenvalue weighted by atomic mass is 32.2. The van der Waals surface area contributed by atoms with Crippen LogP contribution < -0.4 is 15.8 Å². The van der Waals surface area contributed by atoms with Crippen molar-refractivity contribution in [3.63, 3.8) is 0 Å². The first kappa shape index (κ1) is 20.6. The van der Waals surface area contributed by atoms with Crippen LogP contribution in [0.2, 0.25) is 0 Å². The van der Waals surface area contributed by atoms with Crippen LogP contribution in [0.1, 0.15) is 34.6 Å². The second kappa shape index (κ2) is 9.86. The first-order valence-electron chi connectivity index (χ1n) is 8.31. The zero-order chi connectivity index (χ0) is 19.8. The van der Waals surface area contributed by atoms with Gasteiger partial charge in [-0.15, -0.1) is 0 Å². The molecular formula is C18H20F2N4O2S. The number of alkyl halides is 2. The molecule has 0 spiro atoms. The quantitative estimate of drug-likeness (QED) is 0.557. The van der Waals surface area contributed by atoms with Gasteiger partial charge in [0.25, 0.3) is 17.6 Å². The molecule has 2 aromatic rings. The number of carbonyl (C=O) groups is 2. The van der Waals surface area contributed by atoms with Crippen LogP contribution in [0.5, 0.6) is 0 Å². The Morgan fingerprint density at radius 3 is 2.30 bits per heavy atom. The van der Waals surface area contributed by atoms with E-state index in [0.29, 0.717) is 5.56 Å². The topological polar surface area (TPSA) is 74.3 Å². The number of nitrogens with one attached hydrogen (secondary N) is 2. The predicted octanol–water partition coefficient (Wildman–Crippen LogP) is 3.32. The van der Waals surface area contributed by atoms with E-state index in [4.69, 9.17) is 0 Å². The fraction of sp³-hybridized carbons (Fsp3) is 0.278. The molecule has 0 radical (unpaired) electrons. The molecule has 144 valence electrons. The number of carbonyl (C=O) groups excluding carboxylic acids is 2. The summed E-state index contributed by atoms with van der Waals surface area (Å²) in [6.07, 6.45) is 1.32. The second-order valence-electron chi connectivity index (χ2n) is 5.36. The van der Waals surface area contributed by atoms with Crippen molar-refractivity contribution in [2.45, 2.75) is 24.6 Å². The number of anilines is 1. The van der Waals surface area contributed by atoms with Gasteiger partial charge in [0, 0.05) is 30.5 Å². The van der Waals surface area contributed by atoms with E-state index in [1.54, 1.807) is 12.1 Å². The molecule has 2 rings (SSSR count). The molecule has 2 N–H and O–H groups in total. The molecule has 0 atom stereocenters. The second-order valence-corrected chi connectivity index (χ2v) is 6.34. The van der Waals surface area contributed by atoms with Gasteiger partial charge in [-0.2, -0.15) is 8.78 Å². The van der Waals surface area contributed by atoms with Crippen molar-refractivity contribution in [1.82, 2.24) is 15.8 Å². The van der Waals surface area contributed by atoms with Gasteiger partial charge in [0.05, 0.1) is 5.56 Å². The van der Waals surface area contributed by atoms with E-state index in [-0.39, 0.29) is 22.4 Å². The average molecular weight is 394 g/mol. The number of hydrogen-bond acceptors (Lipinski definition) is 5. The maximum absolute atomic E-state index is 12.6. The van der Waals surface area contributed by atoms with Gasteiger partial charge in [-0.1, -0.05) is 0 Å². The number of hydrogen-bond donors (Lipinski definition) is 2. The summed E-state index contributed by atoms with van der Waals surface area (Å²) in [6, 6.07) is 9.76. The third-order valence-electron chi connectivity index (χ3n) is 3.76. The summed E-state index contributed by atoms with van der Waals surface area (Å²) in [5.74, 6) is -3.94. The molecule has 0 saturated carbocycles. The molecule has 2 amide bonds. The van der Waals surface area contributed by atoms with Crippen LogP contribution in [0.3, 0.4) is 0 Å². The van der Waals surface area contributed by atoms with Gasteiger partial charge >= 0.3 is 0 Å².